The van der Waals surface area contributed by atoms with Crippen molar-refractivity contribution in [3.05, 3.63) is 44.1 Å². The second-order valence-corrected chi connectivity index (χ2v) is 6.45. The summed E-state index contributed by atoms with van der Waals surface area (Å²) < 4.78 is 12.1. The van der Waals surface area contributed by atoms with Crippen molar-refractivity contribution in [3.63, 3.8) is 0 Å². The van der Waals surface area contributed by atoms with Crippen LogP contribution in [-0.4, -0.2) is 50.2 Å². The molecule has 4 rings (SSSR count). The number of H-pyrrole nitrogens is 1. The smallest absolute Gasteiger partial charge is 0.349 e. The first-order valence-corrected chi connectivity index (χ1v) is 8.23. The molecule has 0 radical (unpaired) electrons. The Bertz CT molecular complexity index is 1070. The number of ether oxygens (including phenoxy) is 2. The van der Waals surface area contributed by atoms with E-state index >= 15 is 0 Å². The molecular weight excluding hydrogens is 340 g/mol. The van der Waals surface area contributed by atoms with Crippen molar-refractivity contribution in [2.75, 3.05) is 13.4 Å². The maximum atomic E-state index is 12.2. The second-order valence-electron chi connectivity index (χ2n) is 6.45. The summed E-state index contributed by atoms with van der Waals surface area (Å²) in [5.41, 5.74) is 2.00. The quantitative estimate of drug-likeness (QED) is 0.629. The Kier molecular flexibility index (Phi) is 4.06. The molecule has 0 unspecified atom stereocenters. The number of aromatic nitrogens is 4. The molecule has 3 aliphatic heterocycles. The zero-order chi connectivity index (χ0) is 18.4. The third-order valence-electron chi connectivity index (χ3n) is 4.67. The van der Waals surface area contributed by atoms with Gasteiger partial charge in [-0.1, -0.05) is 0 Å². The van der Waals surface area contributed by atoms with Crippen molar-refractivity contribution in [1.82, 2.24) is 19.5 Å². The van der Waals surface area contributed by atoms with E-state index in [-0.39, 0.29) is 31.5 Å². The first kappa shape index (κ1) is 16.8. The highest BCUT2D eigenvalue weighted by molar-refractivity contribution is 5.81. The summed E-state index contributed by atoms with van der Waals surface area (Å²) in [6.07, 6.45) is -1.38. The summed E-state index contributed by atoms with van der Waals surface area (Å²) in [6, 6.07) is 3.77. The lowest BCUT2D eigenvalue weighted by atomic mass is 10.1. The number of hydrogen-bond acceptors (Lipinski definition) is 7. The van der Waals surface area contributed by atoms with E-state index in [1.54, 1.807) is 4.57 Å². The van der Waals surface area contributed by atoms with Crippen molar-refractivity contribution >= 4 is 11.0 Å². The fraction of sp³-hybridized carbons (Fsp3) is 0.412. The van der Waals surface area contributed by atoms with E-state index in [1.165, 1.54) is 0 Å². The standard InChI is InChI=1S/C17H18N4O5/c1-8-3-10-11(4-9(8)2)21(5-12(22)13-6-25-7-26-13)15-14(18-10)16(23)20-17(24)19-15/h3-4,12-13,22H,5-7H2,1-2H3,(H,20,23,24)/t12-,13+/m0/s1. The van der Waals surface area contributed by atoms with Gasteiger partial charge in [0.1, 0.15) is 19.0 Å². The molecule has 0 saturated carbocycles. The Morgan fingerprint density at radius 2 is 2.08 bits per heavy atom. The van der Waals surface area contributed by atoms with Gasteiger partial charge in [0.2, 0.25) is 0 Å². The van der Waals surface area contributed by atoms with Crippen LogP contribution in [0.1, 0.15) is 11.1 Å². The lowest BCUT2D eigenvalue weighted by Gasteiger charge is -2.22. The van der Waals surface area contributed by atoms with Crippen LogP contribution in [0, 0.1) is 13.8 Å². The molecule has 1 aromatic rings. The summed E-state index contributed by atoms with van der Waals surface area (Å²) in [5, 5.41) is 10.5. The molecular formula is C17H18N4O5. The van der Waals surface area contributed by atoms with Gasteiger partial charge in [0.15, 0.2) is 11.5 Å². The maximum absolute atomic E-state index is 12.2. The van der Waals surface area contributed by atoms with E-state index in [1.807, 2.05) is 26.0 Å². The monoisotopic (exact) mass is 358 g/mol. The first-order chi connectivity index (χ1) is 12.4. The lowest BCUT2D eigenvalue weighted by Crippen LogP contribution is -2.35. The molecule has 1 aromatic carbocycles. The van der Waals surface area contributed by atoms with Crippen molar-refractivity contribution in [3.8, 4) is 11.5 Å². The molecule has 3 heterocycles. The Labute approximate surface area is 147 Å². The number of hydrogen-bond donors (Lipinski definition) is 2. The molecule has 1 saturated heterocycles. The van der Waals surface area contributed by atoms with E-state index in [0.29, 0.717) is 11.0 Å². The van der Waals surface area contributed by atoms with Gasteiger partial charge >= 0.3 is 5.69 Å². The van der Waals surface area contributed by atoms with Crippen LogP contribution in [0.25, 0.3) is 22.6 Å². The first-order valence-electron chi connectivity index (χ1n) is 8.23. The van der Waals surface area contributed by atoms with E-state index in [2.05, 4.69) is 15.0 Å². The molecule has 0 aromatic heterocycles. The van der Waals surface area contributed by atoms with Crippen LogP contribution < -0.4 is 11.2 Å². The zero-order valence-electron chi connectivity index (χ0n) is 14.4. The molecule has 2 atom stereocenters. The zero-order valence-corrected chi connectivity index (χ0v) is 14.4. The predicted molar refractivity (Wildman–Crippen MR) is 92.2 cm³/mol. The molecule has 136 valence electrons. The summed E-state index contributed by atoms with van der Waals surface area (Å²) in [7, 11) is 0. The van der Waals surface area contributed by atoms with Crippen LogP contribution in [0.4, 0.5) is 0 Å². The third kappa shape index (κ3) is 2.79. The largest absolute Gasteiger partial charge is 0.388 e. The van der Waals surface area contributed by atoms with Crippen LogP contribution in [0.3, 0.4) is 0 Å². The van der Waals surface area contributed by atoms with Crippen molar-refractivity contribution in [2.24, 2.45) is 0 Å². The summed E-state index contributed by atoms with van der Waals surface area (Å²) in [6.45, 7) is 4.40. The average Bonchev–Trinajstić information content (AvgIpc) is 3.12. The van der Waals surface area contributed by atoms with Crippen LogP contribution in [0.15, 0.2) is 21.7 Å². The van der Waals surface area contributed by atoms with Gasteiger partial charge < -0.3 is 19.1 Å². The third-order valence-corrected chi connectivity index (χ3v) is 4.67. The topological polar surface area (TPSA) is 119 Å². The predicted octanol–water partition coefficient (Wildman–Crippen LogP) is -0.0648. The minimum absolute atomic E-state index is 0.0520. The molecule has 1 fully saturated rings. The Hall–Kier alpha value is -2.62. The molecule has 0 amide bonds. The number of aryl methyl sites for hydroxylation is 2. The maximum Gasteiger partial charge on any atom is 0.349 e. The average molecular weight is 358 g/mol. The van der Waals surface area contributed by atoms with Gasteiger partial charge in [0, 0.05) is 0 Å². The summed E-state index contributed by atoms with van der Waals surface area (Å²) in [4.78, 5) is 34.4. The minimum atomic E-state index is -0.894. The fourth-order valence-electron chi connectivity index (χ4n) is 3.11. The number of rotatable bonds is 3. The fourth-order valence-corrected chi connectivity index (χ4v) is 3.11. The minimum Gasteiger partial charge on any atom is -0.388 e. The normalized spacial score (nSPS) is 18.7. The van der Waals surface area contributed by atoms with Gasteiger partial charge in [0.25, 0.3) is 5.56 Å². The molecule has 0 aliphatic carbocycles. The van der Waals surface area contributed by atoms with Gasteiger partial charge in [-0.15, -0.1) is 0 Å². The van der Waals surface area contributed by atoms with Gasteiger partial charge in [-0.3, -0.25) is 9.78 Å². The number of nitrogens with one attached hydrogen (secondary N) is 1. The van der Waals surface area contributed by atoms with Crippen LogP contribution in [-0.2, 0) is 16.0 Å². The number of benzene rings is 1. The SMILES string of the molecule is Cc1cc2nc3c(=O)[nH]c(=O)nc-3n(C[C@H](O)[C@H]3COCO3)c2cc1C. The summed E-state index contributed by atoms with van der Waals surface area (Å²) >= 11 is 0. The van der Waals surface area contributed by atoms with E-state index in [0.717, 1.165) is 11.1 Å². The van der Waals surface area contributed by atoms with Crippen molar-refractivity contribution in [1.29, 1.82) is 0 Å². The van der Waals surface area contributed by atoms with E-state index in [4.69, 9.17) is 9.47 Å². The molecule has 0 spiro atoms. The number of aliphatic hydroxyl groups is 1. The molecule has 0 bridgehead atoms. The van der Waals surface area contributed by atoms with Crippen molar-refractivity contribution < 1.29 is 14.6 Å². The Balaban J connectivity index is 1.97. The summed E-state index contributed by atoms with van der Waals surface area (Å²) in [5.74, 6) is 0.132. The highest BCUT2D eigenvalue weighted by Crippen LogP contribution is 2.24. The van der Waals surface area contributed by atoms with Crippen LogP contribution >= 0.6 is 0 Å². The number of nitrogens with zero attached hydrogens (tertiary/aromatic N) is 3. The number of aliphatic hydroxyl groups excluding tert-OH is 1. The highest BCUT2D eigenvalue weighted by atomic mass is 16.7. The van der Waals surface area contributed by atoms with Gasteiger partial charge in [-0.2, -0.15) is 4.98 Å². The molecule has 9 nitrogen and oxygen atoms in total. The van der Waals surface area contributed by atoms with Crippen LogP contribution in [0.2, 0.25) is 0 Å². The second kappa shape index (κ2) is 6.27. The van der Waals surface area contributed by atoms with Crippen molar-refractivity contribution in [2.45, 2.75) is 32.6 Å². The lowest BCUT2D eigenvalue weighted by molar-refractivity contribution is -0.0154. The van der Waals surface area contributed by atoms with Gasteiger partial charge in [-0.25, -0.2) is 9.78 Å². The number of fused-ring (bicyclic) bond motifs is 2. The Morgan fingerprint density at radius 3 is 2.81 bits per heavy atom. The molecule has 2 N–H and O–H groups in total. The highest BCUT2D eigenvalue weighted by Gasteiger charge is 2.28. The molecule has 26 heavy (non-hydrogen) atoms. The van der Waals surface area contributed by atoms with Gasteiger partial charge in [0.05, 0.1) is 24.2 Å². The Morgan fingerprint density at radius 1 is 1.31 bits per heavy atom. The van der Waals surface area contributed by atoms with Crippen LogP contribution in [0.5, 0.6) is 0 Å². The number of aromatic amines is 1. The van der Waals surface area contributed by atoms with E-state index in [9.17, 15) is 14.7 Å². The molecule has 9 heteroatoms. The van der Waals surface area contributed by atoms with Gasteiger partial charge in [-0.05, 0) is 37.1 Å². The van der Waals surface area contributed by atoms with E-state index < -0.39 is 23.5 Å². The molecule has 3 aliphatic rings.